The predicted molar refractivity (Wildman–Crippen MR) is 134 cm³/mol. The summed E-state index contributed by atoms with van der Waals surface area (Å²) in [7, 11) is 0. The Balaban J connectivity index is 0.000000337. The second kappa shape index (κ2) is 15.4. The second-order valence-corrected chi connectivity index (χ2v) is 7.83. The molecular weight excluding hydrogens is 453 g/mol. The average molecular weight is 486 g/mol. The molecule has 0 bridgehead atoms. The van der Waals surface area contributed by atoms with Gasteiger partial charge < -0.3 is 5.32 Å². The smallest absolute Gasteiger partial charge is 0.224 e. The highest BCUT2D eigenvalue weighted by molar-refractivity contribution is 9.10. The van der Waals surface area contributed by atoms with Crippen molar-refractivity contribution >= 4 is 27.5 Å². The summed E-state index contributed by atoms with van der Waals surface area (Å²) in [6.07, 6.45) is 3.41. The number of halogens is 2. The van der Waals surface area contributed by atoms with Gasteiger partial charge in [-0.3, -0.25) is 4.79 Å². The molecule has 0 saturated carbocycles. The fraction of sp³-hybridized carbons (Fsp3) is 0.296. The molecule has 3 aromatic carbocycles. The van der Waals surface area contributed by atoms with Crippen molar-refractivity contribution in [3.63, 3.8) is 0 Å². The van der Waals surface area contributed by atoms with Crippen molar-refractivity contribution in [3.05, 3.63) is 99.8 Å². The maximum atomic E-state index is 12.3. The van der Waals surface area contributed by atoms with E-state index in [1.807, 2.05) is 81.4 Å². The van der Waals surface area contributed by atoms with Crippen LogP contribution >= 0.6 is 15.9 Å². The molecule has 0 aromatic heterocycles. The molecule has 0 spiro atoms. The number of aryl methyl sites for hydroxylation is 3. The highest BCUT2D eigenvalue weighted by Gasteiger charge is 2.03. The molecule has 2 nitrogen and oxygen atoms in total. The van der Waals surface area contributed by atoms with Crippen molar-refractivity contribution in [1.82, 2.24) is 0 Å². The Kier molecular flexibility index (Phi) is 13.2. The highest BCUT2D eigenvalue weighted by Crippen LogP contribution is 2.13. The molecule has 3 aromatic rings. The van der Waals surface area contributed by atoms with Gasteiger partial charge in [0.2, 0.25) is 5.91 Å². The van der Waals surface area contributed by atoms with Gasteiger partial charge in [-0.15, -0.1) is 0 Å². The Labute approximate surface area is 195 Å². The van der Waals surface area contributed by atoms with Crippen molar-refractivity contribution in [1.29, 1.82) is 0 Å². The SMILES string of the molecule is CC.CCCc1ccc(F)cc1.Cc1ccc(NC(=O)CCc2ccc(Br)cc2)cc1. The monoisotopic (exact) mass is 485 g/mol. The average Bonchev–Trinajstić information content (AvgIpc) is 2.79. The van der Waals surface area contributed by atoms with Crippen molar-refractivity contribution in [3.8, 4) is 0 Å². The summed E-state index contributed by atoms with van der Waals surface area (Å²) in [5.41, 5.74) is 4.42. The molecule has 0 unspecified atom stereocenters. The number of carbonyl (C=O) groups is 1. The van der Waals surface area contributed by atoms with Crippen molar-refractivity contribution < 1.29 is 9.18 Å². The first kappa shape index (κ1) is 26.6. The zero-order chi connectivity index (χ0) is 23.1. The number of benzene rings is 3. The van der Waals surface area contributed by atoms with Crippen LogP contribution in [0.15, 0.2) is 77.3 Å². The molecule has 0 aliphatic heterocycles. The van der Waals surface area contributed by atoms with Crippen LogP contribution in [0.4, 0.5) is 10.1 Å². The standard InChI is InChI=1S/C16H16BrNO.C9H11F.C2H6/c1-12-2-9-15(10-3-12)18-16(19)11-6-13-4-7-14(17)8-5-13;1-2-3-8-4-6-9(10)7-5-8;1-2/h2-5,7-10H,6,11H2,1H3,(H,18,19);4-7H,2-3H2,1H3;1-2H3. The topological polar surface area (TPSA) is 29.1 Å². The van der Waals surface area contributed by atoms with Crippen molar-refractivity contribution in [2.45, 2.75) is 53.4 Å². The molecule has 0 heterocycles. The Morgan fingerprint density at radius 1 is 0.839 bits per heavy atom. The van der Waals surface area contributed by atoms with Crippen LogP contribution in [0.25, 0.3) is 0 Å². The van der Waals surface area contributed by atoms with E-state index in [-0.39, 0.29) is 11.7 Å². The molecule has 0 aliphatic carbocycles. The lowest BCUT2D eigenvalue weighted by Gasteiger charge is -2.05. The number of anilines is 1. The van der Waals surface area contributed by atoms with E-state index in [2.05, 4.69) is 28.2 Å². The maximum Gasteiger partial charge on any atom is 0.224 e. The van der Waals surface area contributed by atoms with Gasteiger partial charge in [-0.25, -0.2) is 4.39 Å². The van der Waals surface area contributed by atoms with Gasteiger partial charge in [0.15, 0.2) is 0 Å². The van der Waals surface area contributed by atoms with Gasteiger partial charge in [-0.05, 0) is 67.3 Å². The summed E-state index contributed by atoms with van der Waals surface area (Å²) in [5, 5.41) is 2.90. The van der Waals surface area contributed by atoms with Crippen LogP contribution in [-0.4, -0.2) is 5.91 Å². The first-order valence-electron chi connectivity index (χ1n) is 10.8. The van der Waals surface area contributed by atoms with Crippen LogP contribution in [-0.2, 0) is 17.6 Å². The van der Waals surface area contributed by atoms with E-state index in [1.54, 1.807) is 0 Å². The second-order valence-electron chi connectivity index (χ2n) is 6.92. The lowest BCUT2D eigenvalue weighted by Crippen LogP contribution is -2.12. The number of rotatable bonds is 6. The minimum Gasteiger partial charge on any atom is -0.326 e. The molecule has 3 rings (SSSR count). The highest BCUT2D eigenvalue weighted by atomic mass is 79.9. The molecule has 0 fully saturated rings. The van der Waals surface area contributed by atoms with Crippen LogP contribution in [0, 0.1) is 12.7 Å². The Morgan fingerprint density at radius 2 is 1.35 bits per heavy atom. The van der Waals surface area contributed by atoms with Crippen LogP contribution in [0.5, 0.6) is 0 Å². The quantitative estimate of drug-likeness (QED) is 0.374. The van der Waals surface area contributed by atoms with E-state index in [9.17, 15) is 9.18 Å². The predicted octanol–water partition coefficient (Wildman–Crippen LogP) is 8.13. The summed E-state index contributed by atoms with van der Waals surface area (Å²) < 4.78 is 13.4. The van der Waals surface area contributed by atoms with Crippen LogP contribution < -0.4 is 5.32 Å². The Morgan fingerprint density at radius 3 is 1.90 bits per heavy atom. The molecule has 0 aliphatic rings. The number of hydrogen-bond acceptors (Lipinski definition) is 1. The molecule has 0 atom stereocenters. The van der Waals surface area contributed by atoms with Gasteiger partial charge >= 0.3 is 0 Å². The van der Waals surface area contributed by atoms with Crippen molar-refractivity contribution in [2.75, 3.05) is 5.32 Å². The molecule has 166 valence electrons. The van der Waals surface area contributed by atoms with E-state index in [4.69, 9.17) is 0 Å². The maximum absolute atomic E-state index is 12.3. The Bertz CT molecular complexity index is 875. The van der Waals surface area contributed by atoms with E-state index < -0.39 is 0 Å². The van der Waals surface area contributed by atoms with E-state index in [0.29, 0.717) is 6.42 Å². The first-order valence-corrected chi connectivity index (χ1v) is 11.6. The minimum absolute atomic E-state index is 0.0479. The van der Waals surface area contributed by atoms with E-state index >= 15 is 0 Å². The van der Waals surface area contributed by atoms with Crippen LogP contribution in [0.2, 0.25) is 0 Å². The number of carbonyl (C=O) groups excluding carboxylic acids is 1. The fourth-order valence-electron chi connectivity index (χ4n) is 2.71. The lowest BCUT2D eigenvalue weighted by molar-refractivity contribution is -0.116. The zero-order valence-corrected chi connectivity index (χ0v) is 20.5. The normalized spacial score (nSPS) is 9.61. The van der Waals surface area contributed by atoms with Gasteiger partial charge in [0.1, 0.15) is 5.82 Å². The Hall–Kier alpha value is -2.46. The van der Waals surface area contributed by atoms with Gasteiger partial charge in [0.25, 0.3) is 0 Å². The van der Waals surface area contributed by atoms with Gasteiger partial charge in [0.05, 0.1) is 0 Å². The lowest BCUT2D eigenvalue weighted by atomic mass is 10.1. The molecule has 31 heavy (non-hydrogen) atoms. The summed E-state index contributed by atoms with van der Waals surface area (Å²) in [6, 6.07) is 22.6. The molecule has 1 amide bonds. The van der Waals surface area contributed by atoms with Crippen LogP contribution in [0.3, 0.4) is 0 Å². The largest absolute Gasteiger partial charge is 0.326 e. The summed E-state index contributed by atoms with van der Waals surface area (Å²) in [6.45, 7) is 8.14. The van der Waals surface area contributed by atoms with Gasteiger partial charge in [-0.2, -0.15) is 0 Å². The molecule has 4 heteroatoms. The number of amides is 1. The van der Waals surface area contributed by atoms with E-state index in [0.717, 1.165) is 29.4 Å². The minimum atomic E-state index is -0.153. The van der Waals surface area contributed by atoms with Gasteiger partial charge in [0, 0.05) is 16.6 Å². The summed E-state index contributed by atoms with van der Waals surface area (Å²) in [4.78, 5) is 11.8. The van der Waals surface area contributed by atoms with E-state index in [1.165, 1.54) is 28.8 Å². The molecule has 0 saturated heterocycles. The summed E-state index contributed by atoms with van der Waals surface area (Å²) in [5.74, 6) is -0.105. The number of hydrogen-bond donors (Lipinski definition) is 1. The number of nitrogens with one attached hydrogen (secondary N) is 1. The van der Waals surface area contributed by atoms with Gasteiger partial charge in [-0.1, -0.05) is 85.1 Å². The molecule has 1 N–H and O–H groups in total. The summed E-state index contributed by atoms with van der Waals surface area (Å²) >= 11 is 3.40. The molecule has 0 radical (unpaired) electrons. The first-order chi connectivity index (χ1) is 15.0. The third-order valence-electron chi connectivity index (χ3n) is 4.34. The van der Waals surface area contributed by atoms with Crippen molar-refractivity contribution in [2.24, 2.45) is 0 Å². The third kappa shape index (κ3) is 11.5. The fourth-order valence-corrected chi connectivity index (χ4v) is 2.97. The zero-order valence-electron chi connectivity index (χ0n) is 18.9. The van der Waals surface area contributed by atoms with Crippen LogP contribution in [0.1, 0.15) is 50.3 Å². The third-order valence-corrected chi connectivity index (χ3v) is 4.87. The molecular formula is C27H33BrFNO.